The first kappa shape index (κ1) is 15.4. The van der Waals surface area contributed by atoms with Gasteiger partial charge in [0.05, 0.1) is 31.6 Å². The highest BCUT2D eigenvalue weighted by Crippen LogP contribution is 2.29. The molecule has 108 valence electrons. The van der Waals surface area contributed by atoms with E-state index in [-0.39, 0.29) is 24.2 Å². The molecule has 0 radical (unpaired) electrons. The summed E-state index contributed by atoms with van der Waals surface area (Å²) in [5, 5.41) is 13.3. The van der Waals surface area contributed by atoms with E-state index in [4.69, 9.17) is 4.74 Å². The normalized spacial score (nSPS) is 9.70. The van der Waals surface area contributed by atoms with Crippen LogP contribution in [0.2, 0.25) is 0 Å². The quantitative estimate of drug-likeness (QED) is 0.481. The van der Waals surface area contributed by atoms with Gasteiger partial charge in [0.25, 0.3) is 5.69 Å². The van der Waals surface area contributed by atoms with Crippen molar-refractivity contribution in [3.05, 3.63) is 28.3 Å². The molecule has 8 heteroatoms. The number of nitrogens with one attached hydrogen (secondary N) is 1. The largest absolute Gasteiger partial charge is 0.496 e. The van der Waals surface area contributed by atoms with Crippen LogP contribution in [0, 0.1) is 10.1 Å². The molecule has 1 N–H and O–H groups in total. The van der Waals surface area contributed by atoms with Crippen LogP contribution in [-0.4, -0.2) is 31.0 Å². The Bertz CT molecular complexity index is 529. The molecule has 0 bridgehead atoms. The highest BCUT2D eigenvalue weighted by molar-refractivity contribution is 5.94. The van der Waals surface area contributed by atoms with Crippen LogP contribution < -0.4 is 10.1 Å². The minimum Gasteiger partial charge on any atom is -0.496 e. The van der Waals surface area contributed by atoms with Gasteiger partial charge < -0.3 is 14.8 Å². The van der Waals surface area contributed by atoms with Gasteiger partial charge in [-0.3, -0.25) is 19.7 Å². The molecule has 0 aliphatic rings. The van der Waals surface area contributed by atoms with E-state index in [9.17, 15) is 19.7 Å². The molecule has 20 heavy (non-hydrogen) atoms. The first-order chi connectivity index (χ1) is 9.47. The van der Waals surface area contributed by atoms with Crippen molar-refractivity contribution in [3.8, 4) is 5.75 Å². The molecule has 0 aliphatic carbocycles. The number of esters is 1. The third-order valence-corrected chi connectivity index (χ3v) is 2.46. The molecule has 1 aromatic carbocycles. The van der Waals surface area contributed by atoms with Gasteiger partial charge in [-0.15, -0.1) is 0 Å². The summed E-state index contributed by atoms with van der Waals surface area (Å²) in [6, 6.07) is 4.06. The predicted octanol–water partition coefficient (Wildman–Crippen LogP) is 1.50. The minimum absolute atomic E-state index is 0.0469. The third kappa shape index (κ3) is 4.23. The predicted molar refractivity (Wildman–Crippen MR) is 69.5 cm³/mol. The Morgan fingerprint density at radius 3 is 2.55 bits per heavy atom. The van der Waals surface area contributed by atoms with E-state index >= 15 is 0 Å². The van der Waals surface area contributed by atoms with E-state index in [1.54, 1.807) is 0 Å². The number of nitro benzene ring substituents is 1. The van der Waals surface area contributed by atoms with Crippen LogP contribution in [0.4, 0.5) is 11.4 Å². The molecule has 0 aromatic heterocycles. The van der Waals surface area contributed by atoms with Gasteiger partial charge in [0, 0.05) is 6.42 Å². The van der Waals surface area contributed by atoms with Gasteiger partial charge in [-0.05, 0) is 12.1 Å². The second kappa shape index (κ2) is 7.07. The van der Waals surface area contributed by atoms with Crippen molar-refractivity contribution >= 4 is 23.3 Å². The van der Waals surface area contributed by atoms with Gasteiger partial charge >= 0.3 is 5.97 Å². The van der Waals surface area contributed by atoms with Crippen molar-refractivity contribution in [2.75, 3.05) is 19.5 Å². The standard InChI is InChI=1S/C12H14N2O6/c1-19-8-3-4-9(10(7-8)14(17)18)13-11(15)5-6-12(16)20-2/h3-4,7H,5-6H2,1-2H3,(H,13,15). The van der Waals surface area contributed by atoms with Crippen LogP contribution >= 0.6 is 0 Å². The number of methoxy groups -OCH3 is 2. The lowest BCUT2D eigenvalue weighted by Gasteiger charge is -2.07. The Kier molecular flexibility index (Phi) is 5.45. The van der Waals surface area contributed by atoms with Gasteiger partial charge in [0.2, 0.25) is 5.91 Å². The van der Waals surface area contributed by atoms with E-state index in [0.29, 0.717) is 5.75 Å². The maximum Gasteiger partial charge on any atom is 0.306 e. The molecule has 1 aromatic rings. The smallest absolute Gasteiger partial charge is 0.306 e. The molecule has 0 aliphatic heterocycles. The number of hydrogen-bond donors (Lipinski definition) is 1. The summed E-state index contributed by atoms with van der Waals surface area (Å²) in [7, 11) is 2.60. The van der Waals surface area contributed by atoms with Crippen molar-refractivity contribution < 1.29 is 24.0 Å². The van der Waals surface area contributed by atoms with Gasteiger partial charge in [-0.2, -0.15) is 0 Å². The Labute approximate surface area is 114 Å². The number of carbonyl (C=O) groups excluding carboxylic acids is 2. The minimum atomic E-state index is -0.627. The van der Waals surface area contributed by atoms with E-state index in [1.165, 1.54) is 32.4 Å². The maximum absolute atomic E-state index is 11.6. The SMILES string of the molecule is COC(=O)CCC(=O)Nc1ccc(OC)cc1[N+](=O)[O-]. The topological polar surface area (TPSA) is 108 Å². The van der Waals surface area contributed by atoms with E-state index in [0.717, 1.165) is 0 Å². The number of amides is 1. The number of nitrogens with zero attached hydrogens (tertiary/aromatic N) is 1. The van der Waals surface area contributed by atoms with E-state index < -0.39 is 16.8 Å². The number of rotatable bonds is 6. The lowest BCUT2D eigenvalue weighted by atomic mass is 10.2. The fraction of sp³-hybridized carbons (Fsp3) is 0.333. The Hall–Kier alpha value is -2.64. The van der Waals surface area contributed by atoms with Gasteiger partial charge in [0.15, 0.2) is 0 Å². The molecule has 0 fully saturated rings. The van der Waals surface area contributed by atoms with Crippen LogP contribution in [0.1, 0.15) is 12.8 Å². The van der Waals surface area contributed by atoms with Gasteiger partial charge in [0.1, 0.15) is 11.4 Å². The average molecular weight is 282 g/mol. The summed E-state index contributed by atoms with van der Waals surface area (Å²) in [5.41, 5.74) is -0.235. The van der Waals surface area contributed by atoms with Crippen molar-refractivity contribution in [3.63, 3.8) is 0 Å². The first-order valence-electron chi connectivity index (χ1n) is 5.67. The number of carbonyl (C=O) groups is 2. The van der Waals surface area contributed by atoms with E-state index in [2.05, 4.69) is 10.1 Å². The van der Waals surface area contributed by atoms with E-state index in [1.807, 2.05) is 0 Å². The molecular formula is C12H14N2O6. The second-order valence-electron chi connectivity index (χ2n) is 3.76. The maximum atomic E-state index is 11.6. The average Bonchev–Trinajstić information content (AvgIpc) is 2.44. The first-order valence-corrected chi connectivity index (χ1v) is 5.67. The Morgan fingerprint density at radius 1 is 1.30 bits per heavy atom. The summed E-state index contributed by atoms with van der Waals surface area (Å²) in [6.45, 7) is 0. The number of anilines is 1. The molecular weight excluding hydrogens is 268 g/mol. The fourth-order valence-electron chi connectivity index (χ4n) is 1.43. The molecule has 0 spiro atoms. The molecule has 0 saturated heterocycles. The zero-order valence-corrected chi connectivity index (χ0v) is 11.0. The van der Waals surface area contributed by atoms with Crippen molar-refractivity contribution in [1.29, 1.82) is 0 Å². The third-order valence-electron chi connectivity index (χ3n) is 2.46. The summed E-state index contributed by atoms with van der Waals surface area (Å²) >= 11 is 0. The van der Waals surface area contributed by atoms with Crippen LogP contribution in [0.15, 0.2) is 18.2 Å². The lowest BCUT2D eigenvalue weighted by molar-refractivity contribution is -0.384. The van der Waals surface area contributed by atoms with Gasteiger partial charge in [-0.25, -0.2) is 0 Å². The molecule has 0 unspecified atom stereocenters. The molecule has 0 heterocycles. The molecule has 0 atom stereocenters. The van der Waals surface area contributed by atoms with Gasteiger partial charge in [-0.1, -0.05) is 0 Å². The summed E-state index contributed by atoms with van der Waals surface area (Å²) in [6.07, 6.45) is -0.206. The number of ether oxygens (including phenoxy) is 2. The van der Waals surface area contributed by atoms with Crippen LogP contribution in [0.5, 0.6) is 5.75 Å². The summed E-state index contributed by atoms with van der Waals surface area (Å²) < 4.78 is 9.28. The number of nitro groups is 1. The Balaban J connectivity index is 2.78. The monoisotopic (exact) mass is 282 g/mol. The van der Waals surface area contributed by atoms with Crippen molar-refractivity contribution in [1.82, 2.24) is 0 Å². The Morgan fingerprint density at radius 2 is 2.00 bits per heavy atom. The molecule has 8 nitrogen and oxygen atoms in total. The van der Waals surface area contributed by atoms with Crippen molar-refractivity contribution in [2.24, 2.45) is 0 Å². The molecule has 1 amide bonds. The highest BCUT2D eigenvalue weighted by Gasteiger charge is 2.17. The number of hydrogen-bond acceptors (Lipinski definition) is 6. The van der Waals surface area contributed by atoms with Crippen LogP contribution in [-0.2, 0) is 14.3 Å². The molecule has 0 saturated carbocycles. The fourth-order valence-corrected chi connectivity index (χ4v) is 1.43. The zero-order valence-electron chi connectivity index (χ0n) is 11.0. The lowest BCUT2D eigenvalue weighted by Crippen LogP contribution is -2.14. The highest BCUT2D eigenvalue weighted by atomic mass is 16.6. The summed E-state index contributed by atoms with van der Waals surface area (Å²) in [4.78, 5) is 32.8. The molecule has 1 rings (SSSR count). The second-order valence-corrected chi connectivity index (χ2v) is 3.76. The van der Waals surface area contributed by atoms with Crippen LogP contribution in [0.3, 0.4) is 0 Å². The zero-order chi connectivity index (χ0) is 15.1. The van der Waals surface area contributed by atoms with Crippen LogP contribution in [0.25, 0.3) is 0 Å². The number of benzene rings is 1. The van der Waals surface area contributed by atoms with Crippen molar-refractivity contribution in [2.45, 2.75) is 12.8 Å². The summed E-state index contributed by atoms with van der Waals surface area (Å²) in [5.74, 6) is -0.725.